The third-order valence-electron chi connectivity index (χ3n) is 11.8. The molecule has 0 aliphatic rings. The number of esters is 1. The quantitative estimate of drug-likeness (QED) is 0.0161. The SMILES string of the molecule is CC/C=C\C/C=C\C/C=C\C/C=C\C/C=C\CCCCCCCC(=O)NC(COP(=O)([O-])OCC[N+](C)(C)C)C(/C=C\CCCCCCCCCCC)OC(=O)CCCCCCC\C=C/C=C/C=C/CC. The second-order valence-corrected chi connectivity index (χ2v) is 21.1. The van der Waals surface area contributed by atoms with E-state index in [0.29, 0.717) is 23.9 Å². The van der Waals surface area contributed by atoms with E-state index in [1.807, 2.05) is 39.4 Å². The zero-order valence-electron chi connectivity index (χ0n) is 46.1. The number of amides is 1. The van der Waals surface area contributed by atoms with Crippen LogP contribution in [0.3, 0.4) is 0 Å². The number of ether oxygens (including phenoxy) is 1. The Balaban J connectivity index is 5.35. The van der Waals surface area contributed by atoms with Gasteiger partial charge in [0.15, 0.2) is 0 Å². The number of hydrogen-bond donors (Lipinski definition) is 1. The van der Waals surface area contributed by atoms with Crippen LogP contribution in [0.15, 0.2) is 109 Å². The van der Waals surface area contributed by atoms with Crippen LogP contribution in [0.5, 0.6) is 0 Å². The van der Waals surface area contributed by atoms with Crippen molar-refractivity contribution in [3.05, 3.63) is 109 Å². The summed E-state index contributed by atoms with van der Waals surface area (Å²) < 4.78 is 30.2. The molecule has 10 heteroatoms. The van der Waals surface area contributed by atoms with E-state index in [-0.39, 0.29) is 31.3 Å². The number of carbonyl (C=O) groups excluding carboxylic acids is 2. The number of unbranched alkanes of at least 4 members (excludes halogenated alkanes) is 19. The largest absolute Gasteiger partial charge is 0.756 e. The predicted octanol–water partition coefficient (Wildman–Crippen LogP) is 16.4. The van der Waals surface area contributed by atoms with Gasteiger partial charge in [0.25, 0.3) is 7.82 Å². The highest BCUT2D eigenvalue weighted by atomic mass is 31.2. The second kappa shape index (κ2) is 50.2. The molecule has 3 atom stereocenters. The van der Waals surface area contributed by atoms with E-state index in [4.69, 9.17) is 13.8 Å². The minimum atomic E-state index is -4.71. The fourth-order valence-electron chi connectivity index (χ4n) is 7.43. The monoisotopic (exact) mass is 1010 g/mol. The van der Waals surface area contributed by atoms with Crippen LogP contribution in [-0.4, -0.2) is 69.4 Å². The molecule has 0 aromatic carbocycles. The van der Waals surface area contributed by atoms with Gasteiger partial charge in [0.05, 0.1) is 33.8 Å². The van der Waals surface area contributed by atoms with E-state index in [0.717, 1.165) is 122 Å². The van der Waals surface area contributed by atoms with Gasteiger partial charge in [0.2, 0.25) is 5.91 Å². The molecular weight excluding hydrogens is 904 g/mol. The molecule has 0 saturated heterocycles. The molecule has 0 aromatic rings. The highest BCUT2D eigenvalue weighted by molar-refractivity contribution is 7.45. The van der Waals surface area contributed by atoms with Gasteiger partial charge in [-0.05, 0) is 96.0 Å². The number of carbonyl (C=O) groups is 2. The van der Waals surface area contributed by atoms with Crippen molar-refractivity contribution in [3.63, 3.8) is 0 Å². The third kappa shape index (κ3) is 51.4. The predicted molar refractivity (Wildman–Crippen MR) is 302 cm³/mol. The van der Waals surface area contributed by atoms with E-state index in [1.165, 1.54) is 44.9 Å². The van der Waals surface area contributed by atoms with Crippen LogP contribution in [0, 0.1) is 0 Å². The summed E-state index contributed by atoms with van der Waals surface area (Å²) >= 11 is 0. The summed E-state index contributed by atoms with van der Waals surface area (Å²) in [5.41, 5.74) is 0. The van der Waals surface area contributed by atoms with E-state index >= 15 is 0 Å². The number of phosphoric ester groups is 1. The Morgan fingerprint density at radius 3 is 1.51 bits per heavy atom. The molecule has 0 aliphatic carbocycles. The number of allylic oxidation sites excluding steroid dienone is 17. The third-order valence-corrected chi connectivity index (χ3v) is 12.7. The Labute approximate surface area is 436 Å². The van der Waals surface area contributed by atoms with Gasteiger partial charge in [-0.1, -0.05) is 214 Å². The summed E-state index contributed by atoms with van der Waals surface area (Å²) in [6, 6.07) is -0.913. The van der Waals surface area contributed by atoms with Gasteiger partial charge in [-0.3, -0.25) is 14.2 Å². The molecular formula is C61H105N2O7P. The maximum Gasteiger partial charge on any atom is 0.306 e. The lowest BCUT2D eigenvalue weighted by molar-refractivity contribution is -0.870. The van der Waals surface area contributed by atoms with E-state index < -0.39 is 26.6 Å². The van der Waals surface area contributed by atoms with Crippen LogP contribution in [0.2, 0.25) is 0 Å². The van der Waals surface area contributed by atoms with Crippen molar-refractivity contribution in [3.8, 4) is 0 Å². The average molecular weight is 1010 g/mol. The van der Waals surface area contributed by atoms with Crippen molar-refractivity contribution in [1.29, 1.82) is 0 Å². The molecule has 0 bridgehead atoms. The van der Waals surface area contributed by atoms with Gasteiger partial charge in [-0.25, -0.2) is 0 Å². The Hall–Kier alpha value is -3.33. The van der Waals surface area contributed by atoms with Crippen molar-refractivity contribution >= 4 is 19.7 Å². The highest BCUT2D eigenvalue weighted by Crippen LogP contribution is 2.38. The molecule has 0 fully saturated rings. The first-order valence-electron chi connectivity index (χ1n) is 28.2. The highest BCUT2D eigenvalue weighted by Gasteiger charge is 2.27. The van der Waals surface area contributed by atoms with Crippen LogP contribution in [-0.2, 0) is 27.9 Å². The summed E-state index contributed by atoms with van der Waals surface area (Å²) in [6.45, 7) is 6.53. The van der Waals surface area contributed by atoms with Crippen LogP contribution in [0.25, 0.3) is 0 Å². The smallest absolute Gasteiger partial charge is 0.306 e. The zero-order chi connectivity index (χ0) is 52.2. The Morgan fingerprint density at radius 2 is 0.972 bits per heavy atom. The van der Waals surface area contributed by atoms with Crippen LogP contribution in [0.4, 0.5) is 0 Å². The van der Waals surface area contributed by atoms with Gasteiger partial charge in [-0.15, -0.1) is 0 Å². The molecule has 71 heavy (non-hydrogen) atoms. The van der Waals surface area contributed by atoms with Crippen molar-refractivity contribution in [1.82, 2.24) is 5.32 Å². The molecule has 1 N–H and O–H groups in total. The van der Waals surface area contributed by atoms with E-state index in [2.05, 4.69) is 117 Å². The lowest BCUT2D eigenvalue weighted by atomic mass is 10.1. The van der Waals surface area contributed by atoms with Crippen LogP contribution < -0.4 is 10.2 Å². The van der Waals surface area contributed by atoms with Crippen molar-refractivity contribution < 1.29 is 37.3 Å². The van der Waals surface area contributed by atoms with Crippen molar-refractivity contribution in [2.45, 2.75) is 226 Å². The Kier molecular flexibility index (Phi) is 47.9. The number of nitrogens with one attached hydrogen (secondary N) is 1. The molecule has 0 radical (unpaired) electrons. The fourth-order valence-corrected chi connectivity index (χ4v) is 8.15. The number of nitrogens with zero attached hydrogens (tertiary/aromatic N) is 1. The number of quaternary nitrogens is 1. The minimum absolute atomic E-state index is 0.0360. The maximum atomic E-state index is 13.5. The lowest BCUT2D eigenvalue weighted by Crippen LogP contribution is -2.47. The Bertz CT molecular complexity index is 1580. The number of rotatable bonds is 49. The number of phosphoric acid groups is 1. The van der Waals surface area contributed by atoms with Gasteiger partial charge in [0, 0.05) is 12.8 Å². The van der Waals surface area contributed by atoms with E-state index in [9.17, 15) is 19.0 Å². The molecule has 406 valence electrons. The minimum Gasteiger partial charge on any atom is -0.756 e. The molecule has 0 heterocycles. The summed E-state index contributed by atoms with van der Waals surface area (Å²) in [7, 11) is 1.14. The first-order valence-corrected chi connectivity index (χ1v) is 29.7. The normalized spacial score (nSPS) is 14.6. The first kappa shape index (κ1) is 67.7. The summed E-state index contributed by atoms with van der Waals surface area (Å²) in [5.74, 6) is -0.598. The summed E-state index contributed by atoms with van der Waals surface area (Å²) in [6.07, 6.45) is 67.7. The molecule has 3 unspecified atom stereocenters. The lowest BCUT2D eigenvalue weighted by Gasteiger charge is -2.30. The average Bonchev–Trinajstić information content (AvgIpc) is 3.33. The zero-order valence-corrected chi connectivity index (χ0v) is 47.0. The van der Waals surface area contributed by atoms with Gasteiger partial charge in [0.1, 0.15) is 19.3 Å². The topological polar surface area (TPSA) is 114 Å². The molecule has 0 rings (SSSR count). The summed E-state index contributed by atoms with van der Waals surface area (Å²) in [4.78, 5) is 39.8. The standard InChI is InChI=1S/C61H105N2O7P/c1-7-10-13-16-19-22-25-27-28-29-30-31-32-33-34-36-38-41-44-47-50-53-60(64)62-58(57-69-71(66,67)68-56-55-63(4,5)6)59(52-49-46-43-40-37-24-21-18-15-12-9-3)70-61(65)54-51-48-45-42-39-35-26-23-20-17-14-11-8-2/h10-11,13-14,17,19-20,22-23,26-28,30-31,33-34,49,52,58-59H,7-9,12,15-16,18,21,24-25,29,32,35-48,50-51,53-57H2,1-6H3,(H-,62,64,66,67)/b13-10-,14-11+,20-17+,22-19-,26-23-,28-27-,31-30-,34-33-,52-49-. The molecule has 0 spiro atoms. The molecule has 1 amide bonds. The number of likely N-dealkylation sites (N-methyl/N-ethyl adjacent to an activating group) is 1. The van der Waals surface area contributed by atoms with Crippen LogP contribution >= 0.6 is 7.82 Å². The van der Waals surface area contributed by atoms with E-state index in [1.54, 1.807) is 0 Å². The molecule has 0 aliphatic heterocycles. The van der Waals surface area contributed by atoms with Gasteiger partial charge in [-0.2, -0.15) is 0 Å². The van der Waals surface area contributed by atoms with Crippen molar-refractivity contribution in [2.75, 3.05) is 40.9 Å². The molecule has 0 aromatic heterocycles. The number of hydrogen-bond acceptors (Lipinski definition) is 7. The maximum absolute atomic E-state index is 13.5. The second-order valence-electron chi connectivity index (χ2n) is 19.7. The van der Waals surface area contributed by atoms with Gasteiger partial charge >= 0.3 is 5.97 Å². The van der Waals surface area contributed by atoms with Crippen molar-refractivity contribution in [2.24, 2.45) is 0 Å². The Morgan fingerprint density at radius 1 is 0.521 bits per heavy atom. The molecule has 0 saturated carbocycles. The molecule has 9 nitrogen and oxygen atoms in total. The van der Waals surface area contributed by atoms with Crippen LogP contribution in [0.1, 0.15) is 213 Å². The summed E-state index contributed by atoms with van der Waals surface area (Å²) in [5, 5.41) is 3.00. The fraction of sp³-hybridized carbons (Fsp3) is 0.672. The van der Waals surface area contributed by atoms with Gasteiger partial charge < -0.3 is 28.5 Å². The first-order chi connectivity index (χ1) is 34.4.